The molecule has 2 aromatic heterocycles. The molecule has 4 aromatic rings. The van der Waals surface area contributed by atoms with E-state index in [1.165, 1.54) is 4.90 Å². The molecule has 2 aromatic carbocycles. The average molecular weight is 472 g/mol. The second-order valence-electron chi connectivity index (χ2n) is 8.30. The van der Waals surface area contributed by atoms with E-state index in [9.17, 15) is 14.7 Å². The molecule has 8 heteroatoms. The van der Waals surface area contributed by atoms with Crippen molar-refractivity contribution in [1.82, 2.24) is 14.5 Å². The summed E-state index contributed by atoms with van der Waals surface area (Å²) >= 11 is 0. The molecule has 0 bridgehead atoms. The van der Waals surface area contributed by atoms with Crippen molar-refractivity contribution in [3.05, 3.63) is 96.0 Å². The summed E-state index contributed by atoms with van der Waals surface area (Å²) < 4.78 is 13.2. The van der Waals surface area contributed by atoms with Crippen LogP contribution in [-0.2, 0) is 11.3 Å². The number of amides is 1. The quantitative estimate of drug-likeness (QED) is 0.356. The Morgan fingerprint density at radius 1 is 1.14 bits per heavy atom. The van der Waals surface area contributed by atoms with Crippen molar-refractivity contribution in [3.63, 3.8) is 0 Å². The van der Waals surface area contributed by atoms with Gasteiger partial charge >= 0.3 is 0 Å². The lowest BCUT2D eigenvalue weighted by atomic mass is 9.95. The van der Waals surface area contributed by atoms with Crippen LogP contribution >= 0.6 is 0 Å². The molecule has 1 N–H and O–H groups in total. The third kappa shape index (κ3) is 4.30. The van der Waals surface area contributed by atoms with Crippen molar-refractivity contribution >= 4 is 22.7 Å². The highest BCUT2D eigenvalue weighted by atomic mass is 16.5. The molecule has 1 aliphatic heterocycles. The number of aromatic nitrogens is 2. The van der Waals surface area contributed by atoms with E-state index in [2.05, 4.69) is 4.98 Å². The zero-order valence-electron chi connectivity index (χ0n) is 19.3. The van der Waals surface area contributed by atoms with E-state index in [0.29, 0.717) is 43.0 Å². The van der Waals surface area contributed by atoms with Crippen molar-refractivity contribution in [2.24, 2.45) is 0 Å². The van der Waals surface area contributed by atoms with Crippen LogP contribution in [0.5, 0.6) is 5.75 Å². The number of aryl methyl sites for hydroxylation is 1. The Hall–Kier alpha value is -4.33. The number of fused-ring (bicyclic) bond motifs is 1. The minimum absolute atomic E-state index is 0.0147. The lowest BCUT2D eigenvalue weighted by molar-refractivity contribution is -0.129. The molecule has 1 amide bonds. The Balaban J connectivity index is 1.49. The Bertz CT molecular complexity index is 1350. The number of carbonyl (C=O) groups is 2. The van der Waals surface area contributed by atoms with Gasteiger partial charge in [-0.05, 0) is 43.2 Å². The van der Waals surface area contributed by atoms with Gasteiger partial charge in [0.15, 0.2) is 11.5 Å². The first-order valence-electron chi connectivity index (χ1n) is 11.5. The summed E-state index contributed by atoms with van der Waals surface area (Å²) in [6.07, 6.45) is 5.88. The summed E-state index contributed by atoms with van der Waals surface area (Å²) in [6, 6.07) is 15.4. The summed E-state index contributed by atoms with van der Waals surface area (Å²) in [5.74, 6) is -0.865. The van der Waals surface area contributed by atoms with E-state index >= 15 is 0 Å². The lowest BCUT2D eigenvalue weighted by Gasteiger charge is -2.27. The zero-order chi connectivity index (χ0) is 24.4. The van der Waals surface area contributed by atoms with Crippen LogP contribution in [0.4, 0.5) is 0 Å². The summed E-state index contributed by atoms with van der Waals surface area (Å²) in [5.41, 5.74) is 1.28. The molecule has 3 heterocycles. The SMILES string of the molecule is CCOc1ccc(C2C(C(=O)c3cc4ccccc4o3)=C(O)C(=O)N2CCCn2ccnc2)cc1. The van der Waals surface area contributed by atoms with Gasteiger partial charge in [0, 0.05) is 30.9 Å². The van der Waals surface area contributed by atoms with Crippen LogP contribution in [0.3, 0.4) is 0 Å². The topological polar surface area (TPSA) is 97.8 Å². The molecule has 0 fully saturated rings. The molecule has 35 heavy (non-hydrogen) atoms. The maximum Gasteiger partial charge on any atom is 0.290 e. The number of hydrogen-bond donors (Lipinski definition) is 1. The first-order valence-corrected chi connectivity index (χ1v) is 11.5. The molecule has 0 saturated carbocycles. The number of aliphatic hydroxyl groups excluding tert-OH is 1. The summed E-state index contributed by atoms with van der Waals surface area (Å²) in [5, 5.41) is 11.6. The smallest absolute Gasteiger partial charge is 0.290 e. The molecule has 8 nitrogen and oxygen atoms in total. The number of aliphatic hydroxyl groups is 1. The van der Waals surface area contributed by atoms with Crippen LogP contribution in [0, 0.1) is 0 Å². The molecule has 1 unspecified atom stereocenters. The number of carbonyl (C=O) groups excluding carboxylic acids is 2. The fraction of sp³-hybridized carbons (Fsp3) is 0.222. The minimum Gasteiger partial charge on any atom is -0.503 e. The molecular formula is C27H25N3O5. The van der Waals surface area contributed by atoms with Crippen LogP contribution in [-0.4, -0.2) is 44.4 Å². The fourth-order valence-electron chi connectivity index (χ4n) is 4.44. The number of nitrogens with zero attached hydrogens (tertiary/aromatic N) is 3. The van der Waals surface area contributed by atoms with Gasteiger partial charge in [0.2, 0.25) is 5.78 Å². The first kappa shape index (κ1) is 22.5. The number of imidazole rings is 1. The highest BCUT2D eigenvalue weighted by Crippen LogP contribution is 2.40. The molecule has 5 rings (SSSR count). The van der Waals surface area contributed by atoms with Gasteiger partial charge in [0.25, 0.3) is 5.91 Å². The predicted octanol–water partition coefficient (Wildman–Crippen LogP) is 4.70. The Labute approximate surface area is 202 Å². The Morgan fingerprint density at radius 2 is 1.94 bits per heavy atom. The summed E-state index contributed by atoms with van der Waals surface area (Å²) in [4.78, 5) is 32.3. The standard InChI is InChI=1S/C27H25N3O5/c1-2-34-20-10-8-18(9-11-20)24-23(25(31)22-16-19-6-3-4-7-21(19)35-22)26(32)27(33)30(24)14-5-13-29-15-12-28-17-29/h3-4,6-12,15-17,24,32H,2,5,13-14H2,1H3. The lowest BCUT2D eigenvalue weighted by Crippen LogP contribution is -2.32. The molecule has 0 aliphatic carbocycles. The van der Waals surface area contributed by atoms with Crippen LogP contribution in [0.15, 0.2) is 89.1 Å². The maximum absolute atomic E-state index is 13.6. The molecule has 1 aliphatic rings. The van der Waals surface area contributed by atoms with E-state index in [1.807, 2.05) is 48.0 Å². The maximum atomic E-state index is 13.6. The third-order valence-corrected chi connectivity index (χ3v) is 6.08. The highest BCUT2D eigenvalue weighted by Gasteiger charge is 2.44. The van der Waals surface area contributed by atoms with E-state index < -0.39 is 23.5 Å². The zero-order valence-corrected chi connectivity index (χ0v) is 19.3. The van der Waals surface area contributed by atoms with Crippen LogP contribution < -0.4 is 4.74 Å². The van der Waals surface area contributed by atoms with E-state index in [-0.39, 0.29) is 11.3 Å². The number of rotatable bonds is 9. The number of furan rings is 1. The van der Waals surface area contributed by atoms with Gasteiger partial charge in [-0.1, -0.05) is 30.3 Å². The molecule has 1 atom stereocenters. The number of ketones is 1. The van der Waals surface area contributed by atoms with E-state index in [0.717, 1.165) is 5.39 Å². The van der Waals surface area contributed by atoms with Crippen molar-refractivity contribution in [1.29, 1.82) is 0 Å². The normalized spacial score (nSPS) is 15.9. The Kier molecular flexibility index (Phi) is 6.10. The van der Waals surface area contributed by atoms with Gasteiger partial charge in [-0.2, -0.15) is 0 Å². The van der Waals surface area contributed by atoms with Gasteiger partial charge < -0.3 is 23.7 Å². The number of ether oxygens (including phenoxy) is 1. The largest absolute Gasteiger partial charge is 0.503 e. The fourth-order valence-corrected chi connectivity index (χ4v) is 4.44. The van der Waals surface area contributed by atoms with Crippen molar-refractivity contribution in [2.75, 3.05) is 13.2 Å². The predicted molar refractivity (Wildman–Crippen MR) is 129 cm³/mol. The summed E-state index contributed by atoms with van der Waals surface area (Å²) in [7, 11) is 0. The average Bonchev–Trinajstić information content (AvgIpc) is 3.60. The van der Waals surface area contributed by atoms with Crippen molar-refractivity contribution < 1.29 is 23.8 Å². The van der Waals surface area contributed by atoms with Crippen molar-refractivity contribution in [2.45, 2.75) is 25.9 Å². The number of benzene rings is 2. The van der Waals surface area contributed by atoms with Crippen LogP contribution in [0.2, 0.25) is 0 Å². The van der Waals surface area contributed by atoms with Gasteiger partial charge in [0.05, 0.1) is 24.5 Å². The van der Waals surface area contributed by atoms with Crippen LogP contribution in [0.25, 0.3) is 11.0 Å². The molecule has 178 valence electrons. The summed E-state index contributed by atoms with van der Waals surface area (Å²) in [6.45, 7) is 3.41. The second-order valence-corrected chi connectivity index (χ2v) is 8.30. The van der Waals surface area contributed by atoms with Gasteiger partial charge in [-0.3, -0.25) is 9.59 Å². The Morgan fingerprint density at radius 3 is 2.66 bits per heavy atom. The van der Waals surface area contributed by atoms with E-state index in [1.54, 1.807) is 36.8 Å². The third-order valence-electron chi connectivity index (χ3n) is 6.08. The monoisotopic (exact) mass is 471 g/mol. The van der Waals surface area contributed by atoms with Crippen LogP contribution in [0.1, 0.15) is 35.5 Å². The van der Waals surface area contributed by atoms with Gasteiger partial charge in [-0.25, -0.2) is 4.98 Å². The number of hydrogen-bond acceptors (Lipinski definition) is 6. The van der Waals surface area contributed by atoms with Crippen molar-refractivity contribution in [3.8, 4) is 5.75 Å². The second kappa shape index (κ2) is 9.50. The van der Waals surface area contributed by atoms with E-state index in [4.69, 9.17) is 9.15 Å². The molecule has 0 radical (unpaired) electrons. The number of Topliss-reactive ketones (excluding diaryl/α,β-unsaturated/α-hetero) is 1. The van der Waals surface area contributed by atoms with Gasteiger partial charge in [-0.15, -0.1) is 0 Å². The molecular weight excluding hydrogens is 446 g/mol. The van der Waals surface area contributed by atoms with Gasteiger partial charge in [0.1, 0.15) is 11.3 Å². The molecule has 0 spiro atoms. The first-order chi connectivity index (χ1) is 17.1. The highest BCUT2D eigenvalue weighted by molar-refractivity contribution is 6.16. The molecule has 0 saturated heterocycles. The minimum atomic E-state index is -0.748. The number of para-hydroxylation sites is 1.